The number of amides is 2. The molecular weight excluding hydrogens is 340 g/mol. The Bertz CT molecular complexity index is 664. The summed E-state index contributed by atoms with van der Waals surface area (Å²) < 4.78 is 5.31. The van der Waals surface area contributed by atoms with E-state index in [9.17, 15) is 9.59 Å². The second-order valence-corrected chi connectivity index (χ2v) is 7.47. The highest BCUT2D eigenvalue weighted by atomic mass is 35.5. The van der Waals surface area contributed by atoms with Crippen LogP contribution in [0.15, 0.2) is 18.2 Å². The molecule has 0 unspecified atom stereocenters. The summed E-state index contributed by atoms with van der Waals surface area (Å²) in [5, 5.41) is 0.482. The molecule has 0 spiro atoms. The van der Waals surface area contributed by atoms with E-state index in [-0.39, 0.29) is 17.9 Å². The maximum Gasteiger partial charge on any atom is 0.258 e. The first-order valence-corrected chi connectivity index (χ1v) is 9.32. The van der Waals surface area contributed by atoms with Crippen molar-refractivity contribution in [3.05, 3.63) is 28.8 Å². The van der Waals surface area contributed by atoms with E-state index < -0.39 is 0 Å². The van der Waals surface area contributed by atoms with Crippen LogP contribution in [0.2, 0.25) is 5.02 Å². The van der Waals surface area contributed by atoms with E-state index in [1.807, 2.05) is 4.90 Å². The molecule has 0 radical (unpaired) electrons. The fraction of sp³-hybridized carbons (Fsp3) is 0.579. The monoisotopic (exact) mass is 364 g/mol. The summed E-state index contributed by atoms with van der Waals surface area (Å²) in [6.07, 6.45) is 3.76. The molecule has 3 rings (SSSR count). The quantitative estimate of drug-likeness (QED) is 0.827. The van der Waals surface area contributed by atoms with Crippen molar-refractivity contribution in [3.8, 4) is 5.75 Å². The Morgan fingerprint density at radius 2 is 1.96 bits per heavy atom. The lowest BCUT2D eigenvalue weighted by Gasteiger charge is -2.35. The molecular formula is C19H25ClN2O3. The summed E-state index contributed by atoms with van der Waals surface area (Å²) in [6, 6.07) is 4.63. The maximum atomic E-state index is 13.1. The maximum absolute atomic E-state index is 13.1. The van der Waals surface area contributed by atoms with E-state index in [0.717, 1.165) is 38.8 Å². The van der Waals surface area contributed by atoms with E-state index >= 15 is 0 Å². The lowest BCUT2D eigenvalue weighted by atomic mass is 9.99. The molecule has 2 aliphatic rings. The van der Waals surface area contributed by atoms with E-state index in [1.165, 1.54) is 7.11 Å². The number of ether oxygens (including phenoxy) is 1. The van der Waals surface area contributed by atoms with Crippen LogP contribution in [-0.2, 0) is 4.79 Å². The van der Waals surface area contributed by atoms with Gasteiger partial charge in [0, 0.05) is 24.7 Å². The summed E-state index contributed by atoms with van der Waals surface area (Å²) in [5.41, 5.74) is 0.418. The van der Waals surface area contributed by atoms with Crippen LogP contribution in [0.1, 0.15) is 43.0 Å². The van der Waals surface area contributed by atoms with Crippen LogP contribution in [0.5, 0.6) is 5.75 Å². The molecule has 25 heavy (non-hydrogen) atoms. The molecule has 6 heteroatoms. The zero-order valence-electron chi connectivity index (χ0n) is 14.8. The molecule has 5 nitrogen and oxygen atoms in total. The molecule has 1 aromatic carbocycles. The van der Waals surface area contributed by atoms with Crippen molar-refractivity contribution < 1.29 is 14.3 Å². The molecule has 2 fully saturated rings. The molecule has 136 valence electrons. The van der Waals surface area contributed by atoms with Gasteiger partial charge in [-0.05, 0) is 49.8 Å². The lowest BCUT2D eigenvalue weighted by molar-refractivity contribution is -0.137. The number of piperidine rings is 1. The number of carbonyl (C=O) groups is 2. The number of methoxy groups -OCH3 is 1. The number of benzene rings is 1. The summed E-state index contributed by atoms with van der Waals surface area (Å²) in [6.45, 7) is 4.35. The van der Waals surface area contributed by atoms with Gasteiger partial charge in [-0.3, -0.25) is 9.59 Å². The first kappa shape index (κ1) is 18.1. The van der Waals surface area contributed by atoms with Crippen molar-refractivity contribution in [2.24, 2.45) is 5.92 Å². The largest absolute Gasteiger partial charge is 0.496 e. The number of nitrogens with zero attached hydrogens (tertiary/aromatic N) is 2. The van der Waals surface area contributed by atoms with Crippen molar-refractivity contribution in [1.29, 1.82) is 0 Å². The normalized spacial score (nSPS) is 23.6. The standard InChI is InChI=1S/C19H25ClN2O3/c1-13-5-3-9-21(12-13)19(24)16-6-4-10-22(16)18(23)15-11-14(20)7-8-17(15)25-2/h7-8,11,13,16H,3-6,9-10,12H2,1-2H3/t13-,16-/m0/s1. The Morgan fingerprint density at radius 3 is 2.68 bits per heavy atom. The Labute approximate surface area is 153 Å². The SMILES string of the molecule is COc1ccc(Cl)cc1C(=O)N1CCC[C@H]1C(=O)N1CCC[C@H](C)C1. The number of hydrogen-bond acceptors (Lipinski definition) is 3. The highest BCUT2D eigenvalue weighted by Gasteiger charge is 2.38. The molecule has 2 aliphatic heterocycles. The highest BCUT2D eigenvalue weighted by molar-refractivity contribution is 6.31. The van der Waals surface area contributed by atoms with Gasteiger partial charge in [0.25, 0.3) is 5.91 Å². The number of halogens is 1. The van der Waals surface area contributed by atoms with Crippen LogP contribution in [0.25, 0.3) is 0 Å². The molecule has 0 bridgehead atoms. The van der Waals surface area contributed by atoms with Crippen molar-refractivity contribution in [3.63, 3.8) is 0 Å². The Morgan fingerprint density at radius 1 is 1.20 bits per heavy atom. The van der Waals surface area contributed by atoms with Gasteiger partial charge in [0.2, 0.25) is 5.91 Å². The third kappa shape index (κ3) is 3.76. The smallest absolute Gasteiger partial charge is 0.258 e. The van der Waals surface area contributed by atoms with Crippen LogP contribution in [0.4, 0.5) is 0 Å². The highest BCUT2D eigenvalue weighted by Crippen LogP contribution is 2.29. The van der Waals surface area contributed by atoms with Gasteiger partial charge >= 0.3 is 0 Å². The number of carbonyl (C=O) groups excluding carboxylic acids is 2. The predicted molar refractivity (Wildman–Crippen MR) is 97.0 cm³/mol. The van der Waals surface area contributed by atoms with Gasteiger partial charge in [0.1, 0.15) is 11.8 Å². The second kappa shape index (κ2) is 7.65. The van der Waals surface area contributed by atoms with Crippen molar-refractivity contribution >= 4 is 23.4 Å². The van der Waals surface area contributed by atoms with Crippen molar-refractivity contribution in [2.75, 3.05) is 26.7 Å². The van der Waals surface area contributed by atoms with Gasteiger partial charge < -0.3 is 14.5 Å². The van der Waals surface area contributed by atoms with Gasteiger partial charge in [-0.2, -0.15) is 0 Å². The molecule has 0 aromatic heterocycles. The average Bonchev–Trinajstić information content (AvgIpc) is 3.10. The molecule has 0 N–H and O–H groups in total. The minimum Gasteiger partial charge on any atom is -0.496 e. The zero-order valence-corrected chi connectivity index (χ0v) is 15.6. The van der Waals surface area contributed by atoms with Crippen LogP contribution in [0.3, 0.4) is 0 Å². The molecule has 1 aromatic rings. The number of hydrogen-bond donors (Lipinski definition) is 0. The van der Waals surface area contributed by atoms with Crippen LogP contribution in [0, 0.1) is 5.92 Å². The van der Waals surface area contributed by atoms with Gasteiger partial charge in [-0.1, -0.05) is 18.5 Å². The van der Waals surface area contributed by atoms with Gasteiger partial charge in [0.15, 0.2) is 0 Å². The average molecular weight is 365 g/mol. The van der Waals surface area contributed by atoms with Gasteiger partial charge in [0.05, 0.1) is 12.7 Å². The number of rotatable bonds is 3. The van der Waals surface area contributed by atoms with E-state index in [1.54, 1.807) is 23.1 Å². The second-order valence-electron chi connectivity index (χ2n) is 7.03. The summed E-state index contributed by atoms with van der Waals surface area (Å²) in [7, 11) is 1.53. The minimum atomic E-state index is -0.374. The van der Waals surface area contributed by atoms with Gasteiger partial charge in [-0.25, -0.2) is 0 Å². The Kier molecular flexibility index (Phi) is 5.52. The van der Waals surface area contributed by atoms with Crippen molar-refractivity contribution in [2.45, 2.75) is 38.6 Å². The van der Waals surface area contributed by atoms with E-state index in [4.69, 9.17) is 16.3 Å². The molecule has 0 aliphatic carbocycles. The molecule has 2 atom stereocenters. The van der Waals surface area contributed by atoms with Gasteiger partial charge in [-0.15, -0.1) is 0 Å². The third-order valence-corrected chi connectivity index (χ3v) is 5.39. The Hall–Kier alpha value is -1.75. The van der Waals surface area contributed by atoms with Crippen molar-refractivity contribution in [1.82, 2.24) is 9.80 Å². The van der Waals surface area contributed by atoms with E-state index in [2.05, 4.69) is 6.92 Å². The molecule has 2 heterocycles. The molecule has 2 saturated heterocycles. The van der Waals surface area contributed by atoms with Crippen LogP contribution >= 0.6 is 11.6 Å². The summed E-state index contributed by atoms with van der Waals surface area (Å²) in [5.74, 6) is 0.911. The molecule has 2 amide bonds. The fourth-order valence-electron chi connectivity index (χ4n) is 3.87. The fourth-order valence-corrected chi connectivity index (χ4v) is 4.04. The third-order valence-electron chi connectivity index (χ3n) is 5.16. The van der Waals surface area contributed by atoms with Crippen LogP contribution in [-0.4, -0.2) is 54.4 Å². The van der Waals surface area contributed by atoms with Crippen LogP contribution < -0.4 is 4.74 Å². The molecule has 0 saturated carbocycles. The number of likely N-dealkylation sites (tertiary alicyclic amines) is 2. The minimum absolute atomic E-state index is 0.0818. The summed E-state index contributed by atoms with van der Waals surface area (Å²) in [4.78, 5) is 29.7. The first-order valence-electron chi connectivity index (χ1n) is 8.94. The zero-order chi connectivity index (χ0) is 18.0. The van der Waals surface area contributed by atoms with E-state index in [0.29, 0.717) is 28.8 Å². The topological polar surface area (TPSA) is 49.9 Å². The predicted octanol–water partition coefficient (Wildman–Crippen LogP) is 3.21. The lowest BCUT2D eigenvalue weighted by Crippen LogP contribution is -2.50. The first-order chi connectivity index (χ1) is 12.0. The summed E-state index contributed by atoms with van der Waals surface area (Å²) >= 11 is 6.06. The Balaban J connectivity index is 1.80.